The van der Waals surface area contributed by atoms with E-state index in [1.165, 1.54) is 17.3 Å². The van der Waals surface area contributed by atoms with Crippen LogP contribution in [0.3, 0.4) is 0 Å². The summed E-state index contributed by atoms with van der Waals surface area (Å²) in [5.41, 5.74) is 2.32. The molecule has 0 atom stereocenters. The molecular weight excluding hydrogens is 380 g/mol. The molecule has 0 aliphatic carbocycles. The van der Waals surface area contributed by atoms with Gasteiger partial charge in [-0.15, -0.1) is 0 Å². The second kappa shape index (κ2) is 6.33. The number of amides is 1. The summed E-state index contributed by atoms with van der Waals surface area (Å²) in [6.07, 6.45) is 4.12. The first-order valence-electron chi connectivity index (χ1n) is 8.70. The number of aromatic nitrogens is 3. The highest BCUT2D eigenvalue weighted by Gasteiger charge is 2.24. The number of fused-ring (bicyclic) bond motifs is 2. The lowest BCUT2D eigenvalue weighted by atomic mass is 10.0. The Morgan fingerprint density at radius 3 is 2.90 bits per heavy atom. The summed E-state index contributed by atoms with van der Waals surface area (Å²) in [5.74, 6) is -2.29. The first-order chi connectivity index (χ1) is 14.0. The quantitative estimate of drug-likeness (QED) is 0.578. The number of carbonyl (C=O) groups is 1. The molecule has 3 heterocycles. The fourth-order valence-electron chi connectivity index (χ4n) is 3.43. The van der Waals surface area contributed by atoms with Crippen molar-refractivity contribution in [1.29, 1.82) is 0 Å². The number of rotatable bonds is 3. The van der Waals surface area contributed by atoms with Gasteiger partial charge in [-0.1, -0.05) is 6.07 Å². The normalized spacial score (nSPS) is 12.9. The van der Waals surface area contributed by atoms with Crippen LogP contribution in [0.2, 0.25) is 0 Å². The molecule has 1 N–H and O–H groups in total. The van der Waals surface area contributed by atoms with Crippen molar-refractivity contribution in [2.45, 2.75) is 6.54 Å². The Labute approximate surface area is 162 Å². The maximum Gasteiger partial charge on any atom is 0.261 e. The van der Waals surface area contributed by atoms with E-state index in [4.69, 9.17) is 4.42 Å². The number of carbonyl (C=O) groups excluding carboxylic acids is 1. The minimum Gasteiger partial charge on any atom is -0.442 e. The van der Waals surface area contributed by atoms with Gasteiger partial charge in [-0.3, -0.25) is 14.5 Å². The molecule has 7 nitrogen and oxygen atoms in total. The number of nitrogens with zero attached hydrogens (tertiary/aromatic N) is 4. The van der Waals surface area contributed by atoms with Gasteiger partial charge in [-0.05, 0) is 17.7 Å². The Morgan fingerprint density at radius 2 is 2.10 bits per heavy atom. The summed E-state index contributed by atoms with van der Waals surface area (Å²) < 4.78 is 35.9. The molecule has 4 aromatic rings. The molecule has 5 rings (SSSR count). The average Bonchev–Trinajstić information content (AvgIpc) is 3.42. The number of anilines is 1. The van der Waals surface area contributed by atoms with Gasteiger partial charge in [0, 0.05) is 24.4 Å². The average molecular weight is 393 g/mol. The molecule has 144 valence electrons. The van der Waals surface area contributed by atoms with Crippen LogP contribution < -0.4 is 5.32 Å². The molecule has 0 spiro atoms. The van der Waals surface area contributed by atoms with Crippen molar-refractivity contribution in [2.24, 2.45) is 12.0 Å². The van der Waals surface area contributed by atoms with Crippen molar-refractivity contribution in [2.75, 3.05) is 5.32 Å². The van der Waals surface area contributed by atoms with Crippen molar-refractivity contribution in [1.82, 2.24) is 14.8 Å². The van der Waals surface area contributed by atoms with Crippen LogP contribution in [-0.2, 0) is 13.6 Å². The summed E-state index contributed by atoms with van der Waals surface area (Å²) in [4.78, 5) is 21.0. The molecule has 2 aromatic carbocycles. The number of benzene rings is 2. The molecule has 0 unspecified atom stereocenters. The van der Waals surface area contributed by atoms with Gasteiger partial charge < -0.3 is 9.73 Å². The predicted octanol–water partition coefficient (Wildman–Crippen LogP) is 3.44. The van der Waals surface area contributed by atoms with Gasteiger partial charge in [0.2, 0.25) is 0 Å². The summed E-state index contributed by atoms with van der Waals surface area (Å²) in [6.45, 7) is 0.473. The Bertz CT molecular complexity index is 1310. The van der Waals surface area contributed by atoms with E-state index in [1.807, 2.05) is 0 Å². The van der Waals surface area contributed by atoms with Gasteiger partial charge in [0.05, 0.1) is 29.8 Å². The topological polar surface area (TPSA) is 85.3 Å². The van der Waals surface area contributed by atoms with E-state index in [0.717, 1.165) is 17.2 Å². The predicted molar refractivity (Wildman–Crippen MR) is 101 cm³/mol. The van der Waals surface area contributed by atoms with Gasteiger partial charge in [-0.25, -0.2) is 13.8 Å². The highest BCUT2D eigenvalue weighted by atomic mass is 19.1. The molecule has 9 heteroatoms. The highest BCUT2D eigenvalue weighted by Crippen LogP contribution is 2.28. The maximum absolute atomic E-state index is 14.8. The first kappa shape index (κ1) is 17.2. The lowest BCUT2D eigenvalue weighted by Gasteiger charge is -2.10. The molecule has 0 fully saturated rings. The van der Waals surface area contributed by atoms with Crippen LogP contribution in [-0.4, -0.2) is 26.4 Å². The van der Waals surface area contributed by atoms with Crippen molar-refractivity contribution in [3.05, 3.63) is 77.1 Å². The van der Waals surface area contributed by atoms with Crippen molar-refractivity contribution in [3.8, 4) is 0 Å². The fourth-order valence-corrected chi connectivity index (χ4v) is 3.43. The second-order valence-electron chi connectivity index (χ2n) is 6.60. The smallest absolute Gasteiger partial charge is 0.261 e. The molecule has 1 amide bonds. The number of hydrogen-bond donors (Lipinski definition) is 1. The van der Waals surface area contributed by atoms with Crippen molar-refractivity contribution < 1.29 is 18.0 Å². The fraction of sp³-hybridized carbons (Fsp3) is 0.100. The number of oxazole rings is 1. The number of hydrogen-bond acceptors (Lipinski definition) is 5. The number of aryl methyl sites for hydroxylation is 1. The molecule has 1 aliphatic heterocycles. The maximum atomic E-state index is 14.8. The van der Waals surface area contributed by atoms with E-state index in [-0.39, 0.29) is 10.9 Å². The third-order valence-electron chi connectivity index (χ3n) is 4.87. The molecule has 0 radical (unpaired) electrons. The largest absolute Gasteiger partial charge is 0.442 e. The van der Waals surface area contributed by atoms with Gasteiger partial charge in [0.1, 0.15) is 22.9 Å². The number of halogens is 2. The summed E-state index contributed by atoms with van der Waals surface area (Å²) >= 11 is 0. The minimum absolute atomic E-state index is 0.0766. The van der Waals surface area contributed by atoms with Gasteiger partial charge in [0.25, 0.3) is 5.91 Å². The zero-order chi connectivity index (χ0) is 20.1. The van der Waals surface area contributed by atoms with E-state index < -0.39 is 23.1 Å². The van der Waals surface area contributed by atoms with Crippen LogP contribution in [0.15, 0.2) is 52.5 Å². The van der Waals surface area contributed by atoms with Gasteiger partial charge >= 0.3 is 0 Å². The third-order valence-corrected chi connectivity index (χ3v) is 4.87. The second-order valence-corrected chi connectivity index (χ2v) is 6.60. The Hall–Kier alpha value is -3.88. The minimum atomic E-state index is -0.957. The third kappa shape index (κ3) is 2.70. The van der Waals surface area contributed by atoms with E-state index in [1.54, 1.807) is 31.4 Å². The Kier molecular flexibility index (Phi) is 3.76. The Balaban J connectivity index is 1.49. The van der Waals surface area contributed by atoms with Crippen LogP contribution in [0.1, 0.15) is 27.2 Å². The van der Waals surface area contributed by atoms with Crippen LogP contribution in [0.4, 0.5) is 14.5 Å². The van der Waals surface area contributed by atoms with Crippen LogP contribution in [0.25, 0.3) is 10.9 Å². The molecule has 1 aliphatic rings. The summed E-state index contributed by atoms with van der Waals surface area (Å²) in [6, 6.07) is 6.25. The lowest BCUT2D eigenvalue weighted by Crippen LogP contribution is -2.16. The van der Waals surface area contributed by atoms with Crippen LogP contribution in [0, 0.1) is 11.6 Å². The molecule has 0 saturated heterocycles. The summed E-state index contributed by atoms with van der Waals surface area (Å²) in [7, 11) is 1.57. The monoisotopic (exact) mass is 393 g/mol. The van der Waals surface area contributed by atoms with E-state index in [0.29, 0.717) is 23.7 Å². The number of nitrogens with one attached hydrogen (secondary N) is 1. The van der Waals surface area contributed by atoms with Crippen molar-refractivity contribution >= 4 is 28.2 Å². The van der Waals surface area contributed by atoms with E-state index >= 15 is 0 Å². The molecule has 0 bridgehead atoms. The van der Waals surface area contributed by atoms with E-state index in [2.05, 4.69) is 20.4 Å². The molecular formula is C20H13F2N5O2. The highest BCUT2D eigenvalue weighted by molar-refractivity contribution is 6.14. The molecule has 29 heavy (non-hydrogen) atoms. The standard InChI is InChI=1S/C20H13F2N5O2/c1-27-15-5-14(21)17(18(22)13(15)7-25-27)20(28)26-11-3-2-10-6-24-19(12(10)4-11)16-8-23-9-29-16/h2-5,7-9H,6H2,1H3,(H,26,28). The lowest BCUT2D eigenvalue weighted by molar-refractivity contribution is 0.101. The summed E-state index contributed by atoms with van der Waals surface area (Å²) in [5, 5.41) is 6.54. The van der Waals surface area contributed by atoms with Gasteiger partial charge in [0.15, 0.2) is 12.2 Å². The molecule has 2 aromatic heterocycles. The SMILES string of the molecule is Cn1ncc2c(F)c(C(=O)Nc3ccc4c(c3)C(c3cnco3)=NC4)c(F)cc21. The zero-order valence-corrected chi connectivity index (χ0v) is 15.1. The number of aliphatic imine (C=N–C) groups is 1. The van der Waals surface area contributed by atoms with Crippen molar-refractivity contribution in [3.63, 3.8) is 0 Å². The Morgan fingerprint density at radius 1 is 1.24 bits per heavy atom. The first-order valence-corrected chi connectivity index (χ1v) is 8.70. The van der Waals surface area contributed by atoms with Crippen LogP contribution >= 0.6 is 0 Å². The molecule has 0 saturated carbocycles. The van der Waals surface area contributed by atoms with Crippen LogP contribution in [0.5, 0.6) is 0 Å². The van der Waals surface area contributed by atoms with E-state index in [9.17, 15) is 13.6 Å². The zero-order valence-electron chi connectivity index (χ0n) is 15.1. The van der Waals surface area contributed by atoms with Gasteiger partial charge in [-0.2, -0.15) is 5.10 Å².